The van der Waals surface area contributed by atoms with E-state index in [0.717, 1.165) is 5.92 Å². The Morgan fingerprint density at radius 1 is 1.29 bits per heavy atom. The van der Waals surface area contributed by atoms with E-state index < -0.39 is 0 Å². The molecule has 0 spiro atoms. The van der Waals surface area contributed by atoms with Crippen LogP contribution in [-0.4, -0.2) is 12.8 Å². The average Bonchev–Trinajstić information content (AvgIpc) is 2.38. The largest absolute Gasteiger partial charge is 0.310 e. The van der Waals surface area contributed by atoms with Crippen LogP contribution in [0.3, 0.4) is 0 Å². The first-order valence-electron chi connectivity index (χ1n) is 6.28. The number of halogens is 1. The maximum Gasteiger partial charge on any atom is 0.0479 e. The Balaban J connectivity index is 0.00000108. The number of thioether (sulfide) groups is 1. The van der Waals surface area contributed by atoms with Crippen molar-refractivity contribution in [3.63, 3.8) is 0 Å². The van der Waals surface area contributed by atoms with E-state index in [2.05, 4.69) is 36.6 Å². The average molecular weight is 270 g/mol. The van der Waals surface area contributed by atoms with Crippen molar-refractivity contribution in [3.8, 4) is 0 Å². The lowest BCUT2D eigenvalue weighted by Gasteiger charge is -2.48. The van der Waals surface area contributed by atoms with Gasteiger partial charge < -0.3 is 5.32 Å². The van der Waals surface area contributed by atoms with Crippen molar-refractivity contribution >= 4 is 24.2 Å². The summed E-state index contributed by atoms with van der Waals surface area (Å²) < 4.78 is 0. The van der Waals surface area contributed by atoms with Gasteiger partial charge in [0.05, 0.1) is 0 Å². The molecule has 1 N–H and O–H groups in total. The molecule has 2 atom stereocenters. The Bertz CT molecular complexity index is 396. The Morgan fingerprint density at radius 2 is 2.12 bits per heavy atom. The molecule has 2 aliphatic rings. The highest BCUT2D eigenvalue weighted by molar-refractivity contribution is 7.99. The highest BCUT2D eigenvalue weighted by Crippen LogP contribution is 2.50. The molecule has 3 heteroatoms. The summed E-state index contributed by atoms with van der Waals surface area (Å²) in [5.41, 5.74) is 1.83. The minimum Gasteiger partial charge on any atom is -0.310 e. The summed E-state index contributed by atoms with van der Waals surface area (Å²) in [7, 11) is 2.14. The minimum atomic E-state index is 0. The van der Waals surface area contributed by atoms with Gasteiger partial charge in [0.1, 0.15) is 0 Å². The first kappa shape index (κ1) is 13.3. The van der Waals surface area contributed by atoms with Crippen molar-refractivity contribution in [2.45, 2.75) is 36.1 Å². The first-order chi connectivity index (χ1) is 7.87. The molecule has 1 nitrogen and oxygen atoms in total. The normalized spacial score (nSPS) is 31.0. The van der Waals surface area contributed by atoms with Crippen LogP contribution >= 0.6 is 24.2 Å². The molecule has 1 aromatic rings. The summed E-state index contributed by atoms with van der Waals surface area (Å²) in [4.78, 5) is 1.50. The molecule has 0 radical (unpaired) electrons. The molecule has 1 fully saturated rings. The fraction of sp³-hybridized carbons (Fsp3) is 0.571. The summed E-state index contributed by atoms with van der Waals surface area (Å²) in [6.45, 7) is 0. The van der Waals surface area contributed by atoms with Crippen LogP contribution < -0.4 is 5.32 Å². The molecule has 0 saturated heterocycles. The van der Waals surface area contributed by atoms with Crippen LogP contribution in [0.1, 0.15) is 31.2 Å². The van der Waals surface area contributed by atoms with Crippen LogP contribution in [0.25, 0.3) is 0 Å². The van der Waals surface area contributed by atoms with Gasteiger partial charge in [0.25, 0.3) is 0 Å². The van der Waals surface area contributed by atoms with Crippen LogP contribution in [0.4, 0.5) is 0 Å². The van der Waals surface area contributed by atoms with Crippen LogP contribution in [0.2, 0.25) is 0 Å². The van der Waals surface area contributed by atoms with Gasteiger partial charge in [-0.1, -0.05) is 31.0 Å². The molecule has 0 aromatic heterocycles. The molecular weight excluding hydrogens is 250 g/mol. The van der Waals surface area contributed by atoms with Crippen molar-refractivity contribution in [2.75, 3.05) is 12.8 Å². The summed E-state index contributed by atoms with van der Waals surface area (Å²) >= 11 is 2.05. The zero-order valence-electron chi connectivity index (χ0n) is 10.2. The Hall–Kier alpha value is -0.180. The second-order valence-corrected chi connectivity index (χ2v) is 6.03. The van der Waals surface area contributed by atoms with Gasteiger partial charge in [-0.15, -0.1) is 24.2 Å². The molecule has 0 amide bonds. The van der Waals surface area contributed by atoms with Crippen LogP contribution in [0.15, 0.2) is 29.2 Å². The molecule has 1 saturated carbocycles. The van der Waals surface area contributed by atoms with E-state index in [1.54, 1.807) is 5.56 Å². The summed E-state index contributed by atoms with van der Waals surface area (Å²) in [6, 6.07) is 8.97. The number of benzene rings is 1. The third-order valence-corrected chi connectivity index (χ3v) is 5.56. The predicted molar refractivity (Wildman–Crippen MR) is 77.1 cm³/mol. The number of nitrogens with one attached hydrogen (secondary N) is 1. The lowest BCUT2D eigenvalue weighted by molar-refractivity contribution is 0.162. The van der Waals surface area contributed by atoms with Gasteiger partial charge in [-0.2, -0.15) is 0 Å². The van der Waals surface area contributed by atoms with E-state index >= 15 is 0 Å². The number of fused-ring (bicyclic) bond motifs is 3. The maximum atomic E-state index is 3.66. The van der Waals surface area contributed by atoms with E-state index in [-0.39, 0.29) is 17.9 Å². The zero-order valence-corrected chi connectivity index (χ0v) is 11.9. The molecule has 94 valence electrons. The molecule has 17 heavy (non-hydrogen) atoms. The quantitative estimate of drug-likeness (QED) is 0.832. The topological polar surface area (TPSA) is 12.0 Å². The maximum absolute atomic E-state index is 3.66. The van der Waals surface area contributed by atoms with Crippen LogP contribution in [0, 0.1) is 5.92 Å². The van der Waals surface area contributed by atoms with E-state index in [1.807, 2.05) is 11.8 Å². The third-order valence-electron chi connectivity index (χ3n) is 4.32. The SMILES string of the molecule is CNC12CCCCC1CSc1ccccc12.Cl. The van der Waals surface area contributed by atoms with Gasteiger partial charge >= 0.3 is 0 Å². The van der Waals surface area contributed by atoms with Gasteiger partial charge in [0.15, 0.2) is 0 Å². The molecule has 1 aromatic carbocycles. The highest BCUT2D eigenvalue weighted by atomic mass is 35.5. The van der Waals surface area contributed by atoms with Crippen molar-refractivity contribution in [2.24, 2.45) is 5.92 Å². The number of rotatable bonds is 1. The highest BCUT2D eigenvalue weighted by Gasteiger charge is 2.44. The van der Waals surface area contributed by atoms with Crippen molar-refractivity contribution in [1.29, 1.82) is 0 Å². The van der Waals surface area contributed by atoms with Crippen molar-refractivity contribution in [1.82, 2.24) is 5.32 Å². The van der Waals surface area contributed by atoms with E-state index in [0.29, 0.717) is 0 Å². The zero-order chi connectivity index (χ0) is 11.0. The lowest BCUT2D eigenvalue weighted by Crippen LogP contribution is -2.51. The summed E-state index contributed by atoms with van der Waals surface area (Å²) in [5.74, 6) is 2.11. The van der Waals surface area contributed by atoms with Crippen LogP contribution in [0.5, 0.6) is 0 Å². The smallest absolute Gasteiger partial charge is 0.0479 e. The van der Waals surface area contributed by atoms with Gasteiger partial charge in [0, 0.05) is 16.2 Å². The molecule has 0 bridgehead atoms. The molecule has 1 aliphatic carbocycles. The van der Waals surface area contributed by atoms with E-state index in [9.17, 15) is 0 Å². The van der Waals surface area contributed by atoms with Crippen molar-refractivity contribution < 1.29 is 0 Å². The molecule has 3 rings (SSSR count). The predicted octanol–water partition coefficient (Wildman–Crippen LogP) is 3.82. The number of hydrogen-bond donors (Lipinski definition) is 1. The molecular formula is C14H20ClNS. The van der Waals surface area contributed by atoms with Gasteiger partial charge in [-0.05, 0) is 37.4 Å². The van der Waals surface area contributed by atoms with E-state index in [1.165, 1.54) is 36.3 Å². The van der Waals surface area contributed by atoms with Gasteiger partial charge in [-0.3, -0.25) is 0 Å². The van der Waals surface area contributed by atoms with Crippen molar-refractivity contribution in [3.05, 3.63) is 29.8 Å². The fourth-order valence-electron chi connectivity index (χ4n) is 3.44. The van der Waals surface area contributed by atoms with E-state index in [4.69, 9.17) is 0 Å². The van der Waals surface area contributed by atoms with Gasteiger partial charge in [0.2, 0.25) is 0 Å². The first-order valence-corrected chi connectivity index (χ1v) is 7.26. The fourth-order valence-corrected chi connectivity index (χ4v) is 4.85. The molecule has 2 unspecified atom stereocenters. The Morgan fingerprint density at radius 3 is 2.94 bits per heavy atom. The Kier molecular flexibility index (Phi) is 4.06. The molecule has 1 aliphatic heterocycles. The third kappa shape index (κ3) is 2.00. The Labute approximate surface area is 114 Å². The molecule has 1 heterocycles. The second-order valence-electron chi connectivity index (χ2n) is 4.97. The van der Waals surface area contributed by atoms with Gasteiger partial charge in [-0.25, -0.2) is 0 Å². The lowest BCUT2D eigenvalue weighted by atomic mass is 9.69. The second kappa shape index (κ2) is 5.21. The minimum absolute atomic E-state index is 0. The standard InChI is InChI=1S/C14H19NS.ClH/c1-15-14-9-5-4-6-11(14)10-16-13-8-3-2-7-12(13)14;/h2-3,7-8,11,15H,4-6,9-10H2,1H3;1H. The summed E-state index contributed by atoms with van der Waals surface area (Å²) in [5, 5.41) is 3.66. The number of hydrogen-bond acceptors (Lipinski definition) is 2. The monoisotopic (exact) mass is 269 g/mol. The van der Waals surface area contributed by atoms with Crippen LogP contribution in [-0.2, 0) is 5.54 Å². The summed E-state index contributed by atoms with van der Waals surface area (Å²) in [6.07, 6.45) is 5.49.